The first-order valence-electron chi connectivity index (χ1n) is 8.15. The average molecular weight is 433 g/mol. The van der Waals surface area contributed by atoms with Crippen LogP contribution in [0.25, 0.3) is 0 Å². The van der Waals surface area contributed by atoms with E-state index < -0.39 is 15.9 Å². The van der Waals surface area contributed by atoms with Gasteiger partial charge in [0.1, 0.15) is 10.7 Å². The lowest BCUT2D eigenvalue weighted by molar-refractivity contribution is 0.0730. The Kier molecular flexibility index (Phi) is 6.12. The molecule has 7 nitrogen and oxygen atoms in total. The molecular weight excluding hydrogens is 415 g/mol. The number of carbonyl (C=O) groups is 1. The van der Waals surface area contributed by atoms with Crippen LogP contribution in [0.1, 0.15) is 16.1 Å². The van der Waals surface area contributed by atoms with Crippen molar-refractivity contribution in [1.29, 1.82) is 0 Å². The molecule has 3 rings (SSSR count). The van der Waals surface area contributed by atoms with Crippen LogP contribution in [0.4, 0.5) is 0 Å². The molecule has 1 aromatic heterocycles. The fourth-order valence-electron chi connectivity index (χ4n) is 2.73. The third-order valence-electron chi connectivity index (χ3n) is 4.16. The van der Waals surface area contributed by atoms with Gasteiger partial charge in [-0.2, -0.15) is 4.31 Å². The Hall–Kier alpha value is -1.58. The highest BCUT2D eigenvalue weighted by molar-refractivity contribution is 7.89. The molecule has 1 amide bonds. The maximum atomic E-state index is 12.9. The number of nitrogens with zero attached hydrogens (tertiary/aromatic N) is 2. The molecule has 0 radical (unpaired) electrons. The molecule has 0 spiro atoms. The first-order valence-corrected chi connectivity index (χ1v) is 10.3. The fourth-order valence-corrected chi connectivity index (χ4v) is 4.97. The molecule has 1 aromatic carbocycles. The second-order valence-corrected chi connectivity index (χ2v) is 8.74. The van der Waals surface area contributed by atoms with Gasteiger partial charge in [-0.05, 0) is 24.3 Å². The molecule has 0 bridgehead atoms. The lowest BCUT2D eigenvalue weighted by atomic mass is 10.2. The van der Waals surface area contributed by atoms with E-state index in [0.717, 1.165) is 0 Å². The van der Waals surface area contributed by atoms with Crippen LogP contribution in [0.2, 0.25) is 10.0 Å². The van der Waals surface area contributed by atoms with Crippen molar-refractivity contribution in [3.8, 4) is 0 Å². The minimum atomic E-state index is -3.87. The fraction of sp³-hybridized carbons (Fsp3) is 0.353. The van der Waals surface area contributed by atoms with Crippen LogP contribution in [-0.2, 0) is 21.3 Å². The van der Waals surface area contributed by atoms with E-state index in [1.165, 1.54) is 27.6 Å². The van der Waals surface area contributed by atoms with Crippen molar-refractivity contribution < 1.29 is 22.4 Å². The number of ether oxygens (including phenoxy) is 1. The Morgan fingerprint density at radius 3 is 2.56 bits per heavy atom. The number of benzene rings is 1. The van der Waals surface area contributed by atoms with Crippen molar-refractivity contribution >= 4 is 39.1 Å². The largest absolute Gasteiger partial charge is 0.467 e. The number of amides is 1. The van der Waals surface area contributed by atoms with Crippen LogP contribution in [0.3, 0.4) is 0 Å². The van der Waals surface area contributed by atoms with Gasteiger partial charge in [-0.15, -0.1) is 0 Å². The van der Waals surface area contributed by atoms with E-state index in [0.29, 0.717) is 19.0 Å². The summed E-state index contributed by atoms with van der Waals surface area (Å²) in [5, 5.41) is 0.0500. The third kappa shape index (κ3) is 4.30. The molecule has 2 aromatic rings. The van der Waals surface area contributed by atoms with Gasteiger partial charge < -0.3 is 14.1 Å². The van der Waals surface area contributed by atoms with E-state index in [9.17, 15) is 13.2 Å². The van der Waals surface area contributed by atoms with E-state index >= 15 is 0 Å². The second-order valence-electron chi connectivity index (χ2n) is 6.02. The monoisotopic (exact) mass is 432 g/mol. The van der Waals surface area contributed by atoms with Crippen LogP contribution in [0, 0.1) is 0 Å². The Morgan fingerprint density at radius 1 is 1.22 bits per heavy atom. The Bertz CT molecular complexity index is 925. The number of rotatable bonds is 5. The summed E-state index contributed by atoms with van der Waals surface area (Å²) in [4.78, 5) is 14.0. The zero-order valence-corrected chi connectivity index (χ0v) is 16.9. The summed E-state index contributed by atoms with van der Waals surface area (Å²) < 4.78 is 37.6. The van der Waals surface area contributed by atoms with Gasteiger partial charge in [-0.25, -0.2) is 8.42 Å². The molecule has 10 heteroatoms. The standard InChI is InChI=1S/C17H18Cl2N2O5S/c1-20(11-12-3-2-6-26-12)17(22)13-9-16(15(19)10-14(13)18)27(23,24)21-4-7-25-8-5-21/h2-3,6,9-10H,4-5,7-8,11H2,1H3. The lowest BCUT2D eigenvalue weighted by Gasteiger charge is -2.27. The normalized spacial score (nSPS) is 15.7. The molecular formula is C17H18Cl2N2O5S. The predicted molar refractivity (Wildman–Crippen MR) is 101 cm³/mol. The van der Waals surface area contributed by atoms with E-state index in [1.54, 1.807) is 19.2 Å². The number of halogens is 2. The third-order valence-corrected chi connectivity index (χ3v) is 6.84. The highest BCUT2D eigenvalue weighted by Crippen LogP contribution is 2.31. The molecule has 0 saturated carbocycles. The molecule has 0 unspecified atom stereocenters. The summed E-state index contributed by atoms with van der Waals surface area (Å²) in [6.07, 6.45) is 1.51. The maximum absolute atomic E-state index is 12.9. The first kappa shape index (κ1) is 20.2. The van der Waals surface area contributed by atoms with Crippen LogP contribution in [0.15, 0.2) is 39.8 Å². The molecule has 0 aliphatic carbocycles. The highest BCUT2D eigenvalue weighted by atomic mass is 35.5. The van der Waals surface area contributed by atoms with E-state index in [2.05, 4.69) is 0 Å². The molecule has 0 atom stereocenters. The zero-order valence-electron chi connectivity index (χ0n) is 14.5. The van der Waals surface area contributed by atoms with E-state index in [-0.39, 0.29) is 40.1 Å². The molecule has 0 N–H and O–H groups in total. The van der Waals surface area contributed by atoms with Crippen molar-refractivity contribution in [2.45, 2.75) is 11.4 Å². The smallest absolute Gasteiger partial charge is 0.255 e. The highest BCUT2D eigenvalue weighted by Gasteiger charge is 2.30. The summed E-state index contributed by atoms with van der Waals surface area (Å²) in [6, 6.07) is 5.97. The summed E-state index contributed by atoms with van der Waals surface area (Å²) in [5.74, 6) is 0.156. The van der Waals surface area contributed by atoms with Crippen LogP contribution in [-0.4, -0.2) is 56.9 Å². The minimum absolute atomic E-state index is 0.0308. The molecule has 1 fully saturated rings. The molecule has 1 aliphatic rings. The molecule has 1 aliphatic heterocycles. The quantitative estimate of drug-likeness (QED) is 0.725. The van der Waals surface area contributed by atoms with Crippen molar-refractivity contribution in [3.05, 3.63) is 51.9 Å². The number of hydrogen-bond acceptors (Lipinski definition) is 5. The SMILES string of the molecule is CN(Cc1ccco1)C(=O)c1cc(S(=O)(=O)N2CCOCC2)c(Cl)cc1Cl. The van der Waals surface area contributed by atoms with Gasteiger partial charge in [-0.3, -0.25) is 4.79 Å². The summed E-state index contributed by atoms with van der Waals surface area (Å²) >= 11 is 12.3. The lowest BCUT2D eigenvalue weighted by Crippen LogP contribution is -2.40. The molecule has 1 saturated heterocycles. The van der Waals surface area contributed by atoms with Crippen molar-refractivity contribution in [1.82, 2.24) is 9.21 Å². The number of sulfonamides is 1. The molecule has 2 heterocycles. The summed E-state index contributed by atoms with van der Waals surface area (Å²) in [7, 11) is -2.29. The molecule has 27 heavy (non-hydrogen) atoms. The average Bonchev–Trinajstić information content (AvgIpc) is 3.14. The summed E-state index contributed by atoms with van der Waals surface area (Å²) in [6.45, 7) is 1.28. The van der Waals surface area contributed by atoms with Crippen LogP contribution in [0.5, 0.6) is 0 Å². The van der Waals surface area contributed by atoms with Gasteiger partial charge in [0, 0.05) is 20.1 Å². The number of carbonyl (C=O) groups excluding carboxylic acids is 1. The van der Waals surface area contributed by atoms with Crippen LogP contribution >= 0.6 is 23.2 Å². The van der Waals surface area contributed by atoms with Crippen molar-refractivity contribution in [2.75, 3.05) is 33.4 Å². The van der Waals surface area contributed by atoms with Gasteiger partial charge in [-0.1, -0.05) is 23.2 Å². The summed E-state index contributed by atoms with van der Waals surface area (Å²) in [5.41, 5.74) is 0.0574. The number of morpholine rings is 1. The van der Waals surface area contributed by atoms with Gasteiger partial charge in [0.05, 0.1) is 41.6 Å². The predicted octanol–water partition coefficient (Wildman–Crippen LogP) is 2.88. The second kappa shape index (κ2) is 8.20. The van der Waals surface area contributed by atoms with Crippen molar-refractivity contribution in [3.63, 3.8) is 0 Å². The zero-order chi connectivity index (χ0) is 19.6. The Morgan fingerprint density at radius 2 is 1.93 bits per heavy atom. The number of furan rings is 1. The van der Waals surface area contributed by atoms with Crippen molar-refractivity contribution in [2.24, 2.45) is 0 Å². The maximum Gasteiger partial charge on any atom is 0.255 e. The Balaban J connectivity index is 1.92. The van der Waals surface area contributed by atoms with Crippen LogP contribution < -0.4 is 0 Å². The minimum Gasteiger partial charge on any atom is -0.467 e. The topological polar surface area (TPSA) is 80.1 Å². The van der Waals surface area contributed by atoms with Gasteiger partial charge in [0.25, 0.3) is 5.91 Å². The van der Waals surface area contributed by atoms with Gasteiger partial charge >= 0.3 is 0 Å². The number of hydrogen-bond donors (Lipinski definition) is 0. The first-order chi connectivity index (χ1) is 12.8. The van der Waals surface area contributed by atoms with Gasteiger partial charge in [0.15, 0.2) is 0 Å². The Labute approximate surface area is 167 Å². The van der Waals surface area contributed by atoms with E-state index in [1.807, 2.05) is 0 Å². The molecule has 146 valence electrons. The van der Waals surface area contributed by atoms with E-state index in [4.69, 9.17) is 32.4 Å². The van der Waals surface area contributed by atoms with Gasteiger partial charge in [0.2, 0.25) is 10.0 Å².